The molecule has 0 bridgehead atoms. The predicted molar refractivity (Wildman–Crippen MR) is 232 cm³/mol. The number of nitrogens with zero attached hydrogens (tertiary/aromatic N) is 7. The minimum absolute atomic E-state index is 0.215. The molecule has 7 heterocycles. The van der Waals surface area contributed by atoms with E-state index >= 15 is 0 Å². The monoisotopic (exact) mass is 844 g/mol. The number of halogens is 2. The molecule has 2 unspecified atom stereocenters. The fourth-order valence-corrected chi connectivity index (χ4v) is 10.2. The molecule has 2 aromatic carbocycles. The number of carbonyl (C=O) groups excluding carboxylic acids is 3. The number of aromatic nitrogens is 4. The second-order valence-electron chi connectivity index (χ2n) is 17.5. The number of piperidine rings is 3. The normalized spacial score (nSPS) is 22.7. The van der Waals surface area contributed by atoms with Gasteiger partial charge in [0.25, 0.3) is 5.91 Å². The van der Waals surface area contributed by atoms with Crippen molar-refractivity contribution < 1.29 is 18.8 Å². The van der Waals surface area contributed by atoms with Gasteiger partial charge in [-0.25, -0.2) is 13.9 Å². The molecule has 5 aliphatic rings. The average Bonchev–Trinajstić information content (AvgIpc) is 3.59. The van der Waals surface area contributed by atoms with E-state index in [1.807, 2.05) is 25.4 Å². The topological polar surface area (TPSA) is 140 Å². The van der Waals surface area contributed by atoms with Crippen LogP contribution >= 0.6 is 11.6 Å². The zero-order valence-electron chi connectivity index (χ0n) is 34.3. The van der Waals surface area contributed by atoms with E-state index in [1.54, 1.807) is 4.52 Å². The van der Waals surface area contributed by atoms with Gasteiger partial charge in [-0.2, -0.15) is 0 Å². The van der Waals surface area contributed by atoms with Gasteiger partial charge in [0.15, 0.2) is 17.2 Å². The van der Waals surface area contributed by atoms with Crippen molar-refractivity contribution in [3.63, 3.8) is 0 Å². The number of nitrogens with one attached hydrogen (secondary N) is 3. The summed E-state index contributed by atoms with van der Waals surface area (Å²) >= 11 is 6.54. The van der Waals surface area contributed by atoms with E-state index in [9.17, 15) is 18.8 Å². The summed E-state index contributed by atoms with van der Waals surface area (Å²) in [5.41, 5.74) is 9.42. The molecular formula is C46H50ClFN10O3. The Morgan fingerprint density at radius 1 is 0.918 bits per heavy atom. The summed E-state index contributed by atoms with van der Waals surface area (Å²) < 4.78 is 15.1. The molecule has 1 aliphatic carbocycles. The van der Waals surface area contributed by atoms with Crippen molar-refractivity contribution in [1.82, 2.24) is 40.0 Å². The summed E-state index contributed by atoms with van der Waals surface area (Å²) in [6.07, 6.45) is 9.29. The smallest absolute Gasteiger partial charge is 0.271 e. The molecule has 15 heteroatoms. The zero-order chi connectivity index (χ0) is 41.8. The number of hydrogen-bond donors (Lipinski definition) is 3. The largest absolute Gasteiger partial charge is 0.385 e. The van der Waals surface area contributed by atoms with E-state index < -0.39 is 12.2 Å². The van der Waals surface area contributed by atoms with E-state index in [1.165, 1.54) is 43.0 Å². The van der Waals surface area contributed by atoms with Gasteiger partial charge in [0, 0.05) is 68.1 Å². The molecule has 0 radical (unpaired) electrons. The van der Waals surface area contributed by atoms with E-state index in [0.717, 1.165) is 86.0 Å². The SMILES string of the molecule is CNc1cc(N2CCc3c(-c4ccc(CN5CCC6(CC5)CCN(Cc5ccc(Cl)c(C7CCC(=O)NC7=O)c5)CC6)cn4)cccc32)nn2c(C(=O)NC3C[C@@H]3F)cnc12. The number of rotatable bonds is 10. The Kier molecular flexibility index (Phi) is 10.5. The van der Waals surface area contributed by atoms with Crippen LogP contribution in [-0.4, -0.2) is 99.1 Å². The lowest BCUT2D eigenvalue weighted by atomic mass is 9.71. The van der Waals surface area contributed by atoms with Crippen molar-refractivity contribution in [2.24, 2.45) is 5.41 Å². The highest BCUT2D eigenvalue weighted by atomic mass is 35.5. The Balaban J connectivity index is 0.751. The number of likely N-dealkylation sites (tertiary alicyclic amines) is 2. The quantitative estimate of drug-likeness (QED) is 0.135. The summed E-state index contributed by atoms with van der Waals surface area (Å²) in [5.74, 6) is -0.551. The minimum atomic E-state index is -0.999. The molecule has 3 aromatic heterocycles. The minimum Gasteiger partial charge on any atom is -0.385 e. The third kappa shape index (κ3) is 7.85. The number of imidazole rings is 1. The van der Waals surface area contributed by atoms with Crippen molar-refractivity contribution in [3.8, 4) is 11.3 Å². The Hall–Kier alpha value is -5.44. The first kappa shape index (κ1) is 39.7. The van der Waals surface area contributed by atoms with Crippen molar-refractivity contribution in [2.75, 3.05) is 50.0 Å². The van der Waals surface area contributed by atoms with Gasteiger partial charge in [0.2, 0.25) is 11.8 Å². The number of carbonyl (C=O) groups is 3. The number of alkyl halides is 1. The third-order valence-electron chi connectivity index (χ3n) is 13.7. The highest BCUT2D eigenvalue weighted by Crippen LogP contribution is 2.43. The van der Waals surface area contributed by atoms with Crippen molar-refractivity contribution in [3.05, 3.63) is 100.0 Å². The number of hydrogen-bond acceptors (Lipinski definition) is 10. The number of pyridine rings is 1. The third-order valence-corrected chi connectivity index (χ3v) is 14.1. The van der Waals surface area contributed by atoms with Gasteiger partial charge in [-0.3, -0.25) is 34.5 Å². The van der Waals surface area contributed by atoms with Crippen LogP contribution < -0.4 is 20.9 Å². The highest BCUT2D eigenvalue weighted by Gasteiger charge is 2.40. The fraction of sp³-hybridized carbons (Fsp3) is 0.435. The maximum absolute atomic E-state index is 13.6. The summed E-state index contributed by atoms with van der Waals surface area (Å²) in [4.78, 5) is 54.0. The average molecular weight is 845 g/mol. The zero-order valence-corrected chi connectivity index (χ0v) is 35.1. The van der Waals surface area contributed by atoms with Crippen LogP contribution in [0, 0.1) is 5.41 Å². The fourth-order valence-electron chi connectivity index (χ4n) is 9.91. The van der Waals surface area contributed by atoms with Crippen LogP contribution in [0.1, 0.15) is 83.6 Å². The predicted octanol–water partition coefficient (Wildman–Crippen LogP) is 6.42. The molecule has 3 atom stereocenters. The van der Waals surface area contributed by atoms with Crippen LogP contribution in [0.2, 0.25) is 5.02 Å². The number of fused-ring (bicyclic) bond motifs is 2. The molecule has 61 heavy (non-hydrogen) atoms. The van der Waals surface area contributed by atoms with Crippen LogP contribution in [0.25, 0.3) is 16.9 Å². The molecule has 13 nitrogen and oxygen atoms in total. The maximum atomic E-state index is 13.6. The molecule has 3 N–H and O–H groups in total. The summed E-state index contributed by atoms with van der Waals surface area (Å²) in [5, 5.41) is 13.9. The van der Waals surface area contributed by atoms with Crippen LogP contribution in [0.15, 0.2) is 67.0 Å². The van der Waals surface area contributed by atoms with Crippen LogP contribution in [-0.2, 0) is 29.1 Å². The molecule has 316 valence electrons. The number of benzene rings is 2. The summed E-state index contributed by atoms with van der Waals surface area (Å²) in [7, 11) is 1.82. The molecule has 4 fully saturated rings. The van der Waals surface area contributed by atoms with Gasteiger partial charge in [0.1, 0.15) is 6.17 Å². The molecule has 3 saturated heterocycles. The molecule has 1 saturated carbocycles. The lowest BCUT2D eigenvalue weighted by molar-refractivity contribution is -0.134. The van der Waals surface area contributed by atoms with E-state index in [2.05, 4.69) is 78.1 Å². The van der Waals surface area contributed by atoms with Crippen LogP contribution in [0.3, 0.4) is 0 Å². The second-order valence-corrected chi connectivity index (χ2v) is 18.0. The molecule has 5 aromatic rings. The first-order chi connectivity index (χ1) is 29.6. The van der Waals surface area contributed by atoms with E-state index in [0.29, 0.717) is 41.2 Å². The Morgan fingerprint density at radius 2 is 1.66 bits per heavy atom. The highest BCUT2D eigenvalue weighted by molar-refractivity contribution is 6.31. The molecule has 1 spiro atoms. The van der Waals surface area contributed by atoms with Crippen molar-refractivity contribution >= 4 is 52.2 Å². The lowest BCUT2D eigenvalue weighted by Crippen LogP contribution is -2.46. The van der Waals surface area contributed by atoms with Gasteiger partial charge in [-0.15, -0.1) is 5.10 Å². The first-order valence-electron chi connectivity index (χ1n) is 21.6. The van der Waals surface area contributed by atoms with Crippen molar-refractivity contribution in [2.45, 2.75) is 82.6 Å². The van der Waals surface area contributed by atoms with E-state index in [4.69, 9.17) is 21.7 Å². The Labute approximate surface area is 359 Å². The van der Waals surface area contributed by atoms with Crippen molar-refractivity contribution in [1.29, 1.82) is 0 Å². The Morgan fingerprint density at radius 3 is 2.34 bits per heavy atom. The molecule has 3 amide bonds. The van der Waals surface area contributed by atoms with Gasteiger partial charge in [0.05, 0.1) is 29.5 Å². The number of imide groups is 1. The summed E-state index contributed by atoms with van der Waals surface area (Å²) in [6.45, 7) is 6.70. The van der Waals surface area contributed by atoms with Gasteiger partial charge in [-0.1, -0.05) is 41.9 Å². The molecular weight excluding hydrogens is 795 g/mol. The summed E-state index contributed by atoms with van der Waals surface area (Å²) in [6, 6.07) is 18.2. The van der Waals surface area contributed by atoms with Gasteiger partial charge < -0.3 is 15.5 Å². The standard InChI is InChI=1S/C46H50ClFN10O3/c1-49-38-23-41(54-58-40(25-51-43(38)58)45(61)52-37-22-35(37)48)57-16-11-31-30(3-2-4-39(31)57)36-9-6-29(24-50-36)27-56-19-14-46(15-20-56)12-17-55(18-13-46)26-28-5-8-34(47)33(21-28)32-7-10-42(59)53-44(32)60/h2-6,8-9,21,23-25,32,35,37,49H,7,10-20,22,26-27H2,1H3,(H,52,61)(H,53,59,60)/t32?,35-,37?/m0/s1. The number of amides is 3. The van der Waals surface area contributed by atoms with Crippen LogP contribution in [0.5, 0.6) is 0 Å². The molecule has 4 aliphatic heterocycles. The second kappa shape index (κ2) is 16.1. The van der Waals surface area contributed by atoms with Crippen LogP contribution in [0.4, 0.5) is 21.6 Å². The lowest BCUT2D eigenvalue weighted by Gasteiger charge is -2.47. The first-order valence-corrected chi connectivity index (χ1v) is 21.9. The van der Waals surface area contributed by atoms with Gasteiger partial charge in [-0.05, 0) is 111 Å². The van der Waals surface area contributed by atoms with Gasteiger partial charge >= 0.3 is 0 Å². The number of anilines is 3. The maximum Gasteiger partial charge on any atom is 0.271 e. The Bertz CT molecular complexity index is 2510. The van der Waals surface area contributed by atoms with E-state index in [-0.39, 0.29) is 29.3 Å². The molecule has 10 rings (SSSR count).